The van der Waals surface area contributed by atoms with Gasteiger partial charge in [-0.3, -0.25) is 0 Å². The van der Waals surface area contributed by atoms with E-state index in [4.69, 9.17) is 4.74 Å². The number of ether oxygens (including phenoxy) is 1. The molecule has 1 amide bonds. The van der Waals surface area contributed by atoms with Crippen LogP contribution in [0.25, 0.3) is 0 Å². The van der Waals surface area contributed by atoms with Crippen molar-refractivity contribution in [1.82, 2.24) is 4.90 Å². The first-order valence-electron chi connectivity index (χ1n) is 9.85. The van der Waals surface area contributed by atoms with E-state index in [2.05, 4.69) is 38.1 Å². The Balaban J connectivity index is 1.74. The summed E-state index contributed by atoms with van der Waals surface area (Å²) in [5.41, 5.74) is 2.47. The SMILES string of the molecule is CCC(C)c1ccc(CCC2CCN(C(=O)OC(C)(C)C)CC2)cc1. The molecule has 1 heterocycles. The van der Waals surface area contributed by atoms with Crippen molar-refractivity contribution in [2.75, 3.05) is 13.1 Å². The highest BCUT2D eigenvalue weighted by molar-refractivity contribution is 5.68. The lowest BCUT2D eigenvalue weighted by atomic mass is 9.90. The Bertz CT molecular complexity index is 536. The van der Waals surface area contributed by atoms with Gasteiger partial charge < -0.3 is 9.64 Å². The largest absolute Gasteiger partial charge is 0.444 e. The first-order valence-corrected chi connectivity index (χ1v) is 9.85. The zero-order valence-electron chi connectivity index (χ0n) is 16.7. The van der Waals surface area contributed by atoms with Crippen molar-refractivity contribution >= 4 is 6.09 Å². The van der Waals surface area contributed by atoms with E-state index in [1.807, 2.05) is 25.7 Å². The number of amides is 1. The molecule has 3 heteroatoms. The summed E-state index contributed by atoms with van der Waals surface area (Å²) in [5.74, 6) is 1.36. The van der Waals surface area contributed by atoms with Gasteiger partial charge in [0.05, 0.1) is 0 Å². The number of hydrogen-bond acceptors (Lipinski definition) is 2. The molecular weight excluding hydrogens is 310 g/mol. The molecule has 1 fully saturated rings. The standard InChI is InChI=1S/C22H35NO2/c1-6-17(2)20-11-9-18(10-12-20)7-8-19-13-15-23(16-14-19)21(24)25-22(3,4)5/h9-12,17,19H,6-8,13-16H2,1-5H3. The average Bonchev–Trinajstić information content (AvgIpc) is 2.58. The van der Waals surface area contributed by atoms with Crippen LogP contribution in [0.2, 0.25) is 0 Å². The maximum atomic E-state index is 12.1. The van der Waals surface area contributed by atoms with Crippen LogP contribution in [0.3, 0.4) is 0 Å². The number of hydrogen-bond donors (Lipinski definition) is 0. The summed E-state index contributed by atoms with van der Waals surface area (Å²) < 4.78 is 5.47. The summed E-state index contributed by atoms with van der Waals surface area (Å²) in [6, 6.07) is 9.15. The summed E-state index contributed by atoms with van der Waals surface area (Å²) in [6.07, 6.45) is 5.55. The number of carbonyl (C=O) groups is 1. The van der Waals surface area contributed by atoms with Gasteiger partial charge in [-0.25, -0.2) is 4.79 Å². The molecule has 1 atom stereocenters. The number of likely N-dealkylation sites (tertiary alicyclic amines) is 1. The van der Waals surface area contributed by atoms with E-state index in [-0.39, 0.29) is 6.09 Å². The predicted octanol–water partition coefficient (Wildman–Crippen LogP) is 5.78. The maximum Gasteiger partial charge on any atom is 0.410 e. The zero-order valence-corrected chi connectivity index (χ0v) is 16.7. The van der Waals surface area contributed by atoms with Gasteiger partial charge in [0.2, 0.25) is 0 Å². The van der Waals surface area contributed by atoms with Crippen LogP contribution in [-0.4, -0.2) is 29.7 Å². The van der Waals surface area contributed by atoms with Gasteiger partial charge in [0.15, 0.2) is 0 Å². The third-order valence-corrected chi connectivity index (χ3v) is 5.27. The van der Waals surface area contributed by atoms with Crippen molar-refractivity contribution in [3.8, 4) is 0 Å². The molecule has 1 aromatic rings. The number of nitrogens with zero attached hydrogens (tertiary/aromatic N) is 1. The van der Waals surface area contributed by atoms with Crippen molar-refractivity contribution in [3.05, 3.63) is 35.4 Å². The number of benzene rings is 1. The van der Waals surface area contributed by atoms with Gasteiger partial charge >= 0.3 is 6.09 Å². The average molecular weight is 346 g/mol. The molecule has 1 aliphatic rings. The van der Waals surface area contributed by atoms with Gasteiger partial charge in [0.1, 0.15) is 5.60 Å². The lowest BCUT2D eigenvalue weighted by molar-refractivity contribution is 0.0181. The second kappa shape index (κ2) is 8.73. The summed E-state index contributed by atoms with van der Waals surface area (Å²) in [5, 5.41) is 0. The number of piperidine rings is 1. The van der Waals surface area contributed by atoms with E-state index >= 15 is 0 Å². The Morgan fingerprint density at radius 2 is 1.80 bits per heavy atom. The highest BCUT2D eigenvalue weighted by Crippen LogP contribution is 2.25. The molecule has 0 radical (unpaired) electrons. The molecule has 1 unspecified atom stereocenters. The van der Waals surface area contributed by atoms with E-state index in [0.29, 0.717) is 11.8 Å². The van der Waals surface area contributed by atoms with Gasteiger partial charge in [-0.05, 0) is 75.8 Å². The van der Waals surface area contributed by atoms with E-state index in [9.17, 15) is 4.79 Å². The lowest BCUT2D eigenvalue weighted by Crippen LogP contribution is -2.41. The van der Waals surface area contributed by atoms with Crippen LogP contribution < -0.4 is 0 Å². The van der Waals surface area contributed by atoms with E-state index in [0.717, 1.165) is 32.4 Å². The van der Waals surface area contributed by atoms with Gasteiger partial charge in [-0.2, -0.15) is 0 Å². The Labute approximate surface area is 153 Å². The van der Waals surface area contributed by atoms with Crippen LogP contribution in [0.1, 0.15) is 77.3 Å². The fourth-order valence-corrected chi connectivity index (χ4v) is 3.35. The molecule has 25 heavy (non-hydrogen) atoms. The fraction of sp³-hybridized carbons (Fsp3) is 0.682. The van der Waals surface area contributed by atoms with Crippen LogP contribution in [0.5, 0.6) is 0 Å². The van der Waals surface area contributed by atoms with Crippen molar-refractivity contribution in [3.63, 3.8) is 0 Å². The number of aryl methyl sites for hydroxylation is 1. The molecule has 3 nitrogen and oxygen atoms in total. The quantitative estimate of drug-likeness (QED) is 0.677. The molecule has 0 spiro atoms. The van der Waals surface area contributed by atoms with Gasteiger partial charge in [0.25, 0.3) is 0 Å². The van der Waals surface area contributed by atoms with Crippen LogP contribution in [0.15, 0.2) is 24.3 Å². The molecule has 140 valence electrons. The van der Waals surface area contributed by atoms with Gasteiger partial charge in [-0.15, -0.1) is 0 Å². The minimum absolute atomic E-state index is 0.161. The molecule has 0 aliphatic carbocycles. The molecule has 1 saturated heterocycles. The highest BCUT2D eigenvalue weighted by atomic mass is 16.6. The summed E-state index contributed by atoms with van der Waals surface area (Å²) >= 11 is 0. The van der Waals surface area contributed by atoms with E-state index in [1.54, 1.807) is 0 Å². The second-order valence-corrected chi connectivity index (χ2v) is 8.50. The molecule has 0 N–H and O–H groups in total. The third-order valence-electron chi connectivity index (χ3n) is 5.27. The first-order chi connectivity index (χ1) is 11.8. The Kier molecular flexibility index (Phi) is 6.92. The molecular formula is C22H35NO2. The topological polar surface area (TPSA) is 29.5 Å². The van der Waals surface area contributed by atoms with Gasteiger partial charge in [-0.1, -0.05) is 38.1 Å². The summed E-state index contributed by atoms with van der Waals surface area (Å²) in [7, 11) is 0. The van der Waals surface area contributed by atoms with E-state index < -0.39 is 5.60 Å². The lowest BCUT2D eigenvalue weighted by Gasteiger charge is -2.33. The van der Waals surface area contributed by atoms with Crippen molar-refractivity contribution in [2.24, 2.45) is 5.92 Å². The fourth-order valence-electron chi connectivity index (χ4n) is 3.35. The highest BCUT2D eigenvalue weighted by Gasteiger charge is 2.26. The number of carbonyl (C=O) groups excluding carboxylic acids is 1. The normalized spacial score (nSPS) is 17.4. The van der Waals surface area contributed by atoms with Crippen LogP contribution in [0.4, 0.5) is 4.79 Å². The van der Waals surface area contributed by atoms with Crippen molar-refractivity contribution < 1.29 is 9.53 Å². The van der Waals surface area contributed by atoms with Crippen LogP contribution >= 0.6 is 0 Å². The monoisotopic (exact) mass is 345 g/mol. The molecule has 2 rings (SSSR count). The summed E-state index contributed by atoms with van der Waals surface area (Å²) in [4.78, 5) is 14.0. The number of rotatable bonds is 5. The van der Waals surface area contributed by atoms with Crippen molar-refractivity contribution in [2.45, 2.75) is 78.2 Å². The minimum Gasteiger partial charge on any atom is -0.444 e. The maximum absolute atomic E-state index is 12.1. The molecule has 1 aromatic carbocycles. The van der Waals surface area contributed by atoms with Crippen LogP contribution in [0, 0.1) is 5.92 Å². The Hall–Kier alpha value is -1.51. The van der Waals surface area contributed by atoms with Crippen LogP contribution in [-0.2, 0) is 11.2 Å². The van der Waals surface area contributed by atoms with E-state index in [1.165, 1.54) is 24.0 Å². The smallest absolute Gasteiger partial charge is 0.410 e. The molecule has 0 bridgehead atoms. The summed E-state index contributed by atoms with van der Waals surface area (Å²) in [6.45, 7) is 11.9. The second-order valence-electron chi connectivity index (χ2n) is 8.50. The Morgan fingerprint density at radius 3 is 2.32 bits per heavy atom. The molecule has 0 aromatic heterocycles. The first kappa shape index (κ1) is 19.8. The molecule has 1 aliphatic heterocycles. The Morgan fingerprint density at radius 1 is 1.20 bits per heavy atom. The zero-order chi connectivity index (χ0) is 18.4. The molecule has 0 saturated carbocycles. The third kappa shape index (κ3) is 6.37. The minimum atomic E-state index is -0.407. The predicted molar refractivity (Wildman–Crippen MR) is 104 cm³/mol. The van der Waals surface area contributed by atoms with Crippen molar-refractivity contribution in [1.29, 1.82) is 0 Å². The van der Waals surface area contributed by atoms with Gasteiger partial charge in [0, 0.05) is 13.1 Å².